The molecule has 2 atom stereocenters. The van der Waals surface area contributed by atoms with Crippen LogP contribution in [0.4, 0.5) is 0 Å². The van der Waals surface area contributed by atoms with Gasteiger partial charge in [0, 0.05) is 25.0 Å². The van der Waals surface area contributed by atoms with E-state index in [1.807, 2.05) is 61.1 Å². The number of carbonyl (C=O) groups is 1. The average molecular weight is 286 g/mol. The molecule has 0 aliphatic rings. The first kappa shape index (κ1) is 15.3. The van der Waals surface area contributed by atoms with Gasteiger partial charge in [-0.2, -0.15) is 5.10 Å². The Labute approximate surface area is 125 Å². The average Bonchev–Trinajstić information content (AvgIpc) is 2.98. The summed E-state index contributed by atoms with van der Waals surface area (Å²) >= 11 is 0. The smallest absolute Gasteiger partial charge is 0.237 e. The predicted octanol–water partition coefficient (Wildman–Crippen LogP) is 1.57. The van der Waals surface area contributed by atoms with Crippen LogP contribution in [-0.2, 0) is 17.9 Å². The molecule has 0 fully saturated rings. The van der Waals surface area contributed by atoms with E-state index in [1.165, 1.54) is 0 Å². The first-order chi connectivity index (χ1) is 10.1. The highest BCUT2D eigenvalue weighted by atomic mass is 16.2. The lowest BCUT2D eigenvalue weighted by atomic mass is 10.2. The lowest BCUT2D eigenvalue weighted by Gasteiger charge is -2.19. The normalized spacial score (nSPS) is 13.6. The number of rotatable bonds is 7. The number of hydrogen-bond donors (Lipinski definition) is 2. The lowest BCUT2D eigenvalue weighted by Crippen LogP contribution is -2.46. The number of amides is 1. The largest absolute Gasteiger partial charge is 0.351 e. The van der Waals surface area contributed by atoms with Gasteiger partial charge in [0.1, 0.15) is 0 Å². The van der Waals surface area contributed by atoms with Crippen molar-refractivity contribution in [3.63, 3.8) is 0 Å². The maximum atomic E-state index is 12.1. The minimum absolute atomic E-state index is 0.00571. The summed E-state index contributed by atoms with van der Waals surface area (Å²) in [5.74, 6) is 0.00571. The Morgan fingerprint density at radius 3 is 2.67 bits per heavy atom. The highest BCUT2D eigenvalue weighted by Crippen LogP contribution is 1.98. The van der Waals surface area contributed by atoms with E-state index in [9.17, 15) is 4.79 Å². The van der Waals surface area contributed by atoms with E-state index in [0.717, 1.165) is 12.1 Å². The summed E-state index contributed by atoms with van der Waals surface area (Å²) in [4.78, 5) is 12.1. The summed E-state index contributed by atoms with van der Waals surface area (Å²) in [5.41, 5.74) is 1.10. The van der Waals surface area contributed by atoms with Crippen LogP contribution in [0.25, 0.3) is 0 Å². The molecule has 5 nitrogen and oxygen atoms in total. The molecule has 0 aliphatic carbocycles. The van der Waals surface area contributed by atoms with Crippen LogP contribution in [0.15, 0.2) is 48.8 Å². The molecule has 0 bridgehead atoms. The van der Waals surface area contributed by atoms with Gasteiger partial charge in [-0.3, -0.25) is 9.48 Å². The quantitative estimate of drug-likeness (QED) is 0.812. The van der Waals surface area contributed by atoms with Crippen molar-refractivity contribution < 1.29 is 4.79 Å². The predicted molar refractivity (Wildman–Crippen MR) is 82.6 cm³/mol. The Hall–Kier alpha value is -2.14. The number of carbonyl (C=O) groups excluding carboxylic acids is 1. The van der Waals surface area contributed by atoms with Crippen molar-refractivity contribution in [3.8, 4) is 0 Å². The summed E-state index contributed by atoms with van der Waals surface area (Å²) in [7, 11) is 0. The summed E-state index contributed by atoms with van der Waals surface area (Å²) < 4.78 is 1.85. The first-order valence-electron chi connectivity index (χ1n) is 7.20. The number of hydrogen-bond acceptors (Lipinski definition) is 3. The molecule has 2 N–H and O–H groups in total. The van der Waals surface area contributed by atoms with Crippen molar-refractivity contribution in [1.82, 2.24) is 20.4 Å². The molecular weight excluding hydrogens is 264 g/mol. The van der Waals surface area contributed by atoms with Crippen molar-refractivity contribution in [3.05, 3.63) is 54.4 Å². The Morgan fingerprint density at radius 2 is 2.00 bits per heavy atom. The van der Waals surface area contributed by atoms with Gasteiger partial charge in [-0.1, -0.05) is 30.3 Å². The van der Waals surface area contributed by atoms with Crippen LogP contribution in [0.2, 0.25) is 0 Å². The van der Waals surface area contributed by atoms with Gasteiger partial charge in [-0.05, 0) is 25.5 Å². The molecular formula is C16H22N4O. The summed E-state index contributed by atoms with van der Waals surface area (Å²) in [6.07, 6.45) is 3.67. The highest BCUT2D eigenvalue weighted by Gasteiger charge is 2.15. The Kier molecular flexibility index (Phi) is 5.51. The van der Waals surface area contributed by atoms with Gasteiger partial charge in [0.2, 0.25) is 5.91 Å². The summed E-state index contributed by atoms with van der Waals surface area (Å²) in [6.45, 7) is 5.21. The molecule has 0 aliphatic heterocycles. The molecule has 0 radical (unpaired) electrons. The van der Waals surface area contributed by atoms with Gasteiger partial charge in [-0.25, -0.2) is 0 Å². The molecule has 2 unspecified atom stereocenters. The maximum absolute atomic E-state index is 12.1. The van der Waals surface area contributed by atoms with E-state index >= 15 is 0 Å². The maximum Gasteiger partial charge on any atom is 0.237 e. The third-order valence-corrected chi connectivity index (χ3v) is 3.26. The number of benzene rings is 1. The Balaban J connectivity index is 1.74. The second-order valence-corrected chi connectivity index (χ2v) is 5.22. The van der Waals surface area contributed by atoms with Gasteiger partial charge < -0.3 is 10.6 Å². The molecule has 0 saturated carbocycles. The van der Waals surface area contributed by atoms with Gasteiger partial charge >= 0.3 is 0 Å². The van der Waals surface area contributed by atoms with Gasteiger partial charge in [-0.15, -0.1) is 0 Å². The lowest BCUT2D eigenvalue weighted by molar-refractivity contribution is -0.123. The number of nitrogens with one attached hydrogen (secondary N) is 2. The molecule has 2 aromatic rings. The molecule has 1 heterocycles. The van der Waals surface area contributed by atoms with E-state index in [2.05, 4.69) is 15.7 Å². The SMILES string of the molecule is CC(Cn1cccn1)NC(C)C(=O)NCc1ccccc1. The molecule has 1 aromatic heterocycles. The van der Waals surface area contributed by atoms with Crippen LogP contribution < -0.4 is 10.6 Å². The third-order valence-electron chi connectivity index (χ3n) is 3.26. The highest BCUT2D eigenvalue weighted by molar-refractivity contribution is 5.81. The fourth-order valence-electron chi connectivity index (χ4n) is 2.18. The van der Waals surface area contributed by atoms with Crippen molar-refractivity contribution in [1.29, 1.82) is 0 Å². The fourth-order valence-corrected chi connectivity index (χ4v) is 2.18. The molecule has 2 rings (SSSR count). The number of nitrogens with zero attached hydrogens (tertiary/aromatic N) is 2. The molecule has 1 aromatic carbocycles. The van der Waals surface area contributed by atoms with Crippen molar-refractivity contribution in [2.75, 3.05) is 0 Å². The van der Waals surface area contributed by atoms with Crippen LogP contribution in [0.3, 0.4) is 0 Å². The van der Waals surface area contributed by atoms with Crippen LogP contribution in [0.1, 0.15) is 19.4 Å². The minimum atomic E-state index is -0.237. The zero-order chi connectivity index (χ0) is 15.1. The van der Waals surface area contributed by atoms with Crippen LogP contribution in [0.5, 0.6) is 0 Å². The monoisotopic (exact) mass is 286 g/mol. The van der Waals surface area contributed by atoms with Gasteiger partial charge in [0.15, 0.2) is 0 Å². The summed E-state index contributed by atoms with van der Waals surface area (Å²) in [5, 5.41) is 10.4. The summed E-state index contributed by atoms with van der Waals surface area (Å²) in [6, 6.07) is 11.7. The second kappa shape index (κ2) is 7.59. The molecule has 0 saturated heterocycles. The zero-order valence-electron chi connectivity index (χ0n) is 12.5. The molecule has 1 amide bonds. The van der Waals surface area contributed by atoms with Gasteiger partial charge in [0.25, 0.3) is 0 Å². The molecule has 112 valence electrons. The van der Waals surface area contributed by atoms with Crippen molar-refractivity contribution in [2.45, 2.75) is 39.0 Å². The minimum Gasteiger partial charge on any atom is -0.351 e. The standard InChI is InChI=1S/C16H22N4O/c1-13(12-20-10-6-9-18-20)19-14(2)16(21)17-11-15-7-4-3-5-8-15/h3-10,13-14,19H,11-12H2,1-2H3,(H,17,21). The Morgan fingerprint density at radius 1 is 1.24 bits per heavy atom. The van der Waals surface area contributed by atoms with Crippen LogP contribution in [0, 0.1) is 0 Å². The van der Waals surface area contributed by atoms with E-state index in [-0.39, 0.29) is 18.0 Å². The van der Waals surface area contributed by atoms with Gasteiger partial charge in [0.05, 0.1) is 12.6 Å². The molecule has 21 heavy (non-hydrogen) atoms. The van der Waals surface area contributed by atoms with E-state index in [4.69, 9.17) is 0 Å². The van der Waals surface area contributed by atoms with Crippen LogP contribution >= 0.6 is 0 Å². The molecule has 5 heteroatoms. The first-order valence-corrected chi connectivity index (χ1v) is 7.20. The number of aromatic nitrogens is 2. The second-order valence-electron chi connectivity index (χ2n) is 5.22. The third kappa shape index (κ3) is 5.04. The van der Waals surface area contributed by atoms with E-state index in [0.29, 0.717) is 6.54 Å². The van der Waals surface area contributed by atoms with Crippen molar-refractivity contribution >= 4 is 5.91 Å². The fraction of sp³-hybridized carbons (Fsp3) is 0.375. The Bertz CT molecular complexity index is 539. The van der Waals surface area contributed by atoms with E-state index in [1.54, 1.807) is 6.20 Å². The van der Waals surface area contributed by atoms with Crippen molar-refractivity contribution in [2.24, 2.45) is 0 Å². The van der Waals surface area contributed by atoms with Crippen LogP contribution in [-0.4, -0.2) is 27.8 Å². The zero-order valence-corrected chi connectivity index (χ0v) is 12.5. The van der Waals surface area contributed by atoms with E-state index < -0.39 is 0 Å². The topological polar surface area (TPSA) is 59.0 Å². The molecule has 0 spiro atoms.